The van der Waals surface area contributed by atoms with Crippen molar-refractivity contribution in [3.63, 3.8) is 0 Å². The summed E-state index contributed by atoms with van der Waals surface area (Å²) >= 11 is 3.75. The number of thiophene rings is 1. The number of pyridine rings is 1. The van der Waals surface area contributed by atoms with Gasteiger partial charge in [0.15, 0.2) is 11.5 Å². The number of halogens is 1. The topological polar surface area (TPSA) is 59.3 Å². The molecule has 3 aromatic rings. The van der Waals surface area contributed by atoms with Gasteiger partial charge in [-0.3, -0.25) is 9.20 Å². The Hall–Kier alpha value is -1.48. The van der Waals surface area contributed by atoms with Gasteiger partial charge in [0.2, 0.25) is 0 Å². The lowest BCUT2D eigenvalue weighted by Crippen LogP contribution is -2.27. The van der Waals surface area contributed by atoms with E-state index >= 15 is 0 Å². The predicted octanol–water partition coefficient (Wildman–Crippen LogP) is 2.89. The van der Waals surface area contributed by atoms with Gasteiger partial charge in [0.1, 0.15) is 0 Å². The zero-order valence-corrected chi connectivity index (χ0v) is 13.6. The smallest absolute Gasteiger partial charge is 0.252 e. The molecule has 1 amide bonds. The third kappa shape index (κ3) is 2.55. The van der Waals surface area contributed by atoms with Crippen LogP contribution >= 0.6 is 33.9 Å². The molecule has 1 atom stereocenters. The molecular formula is C13H11IN4OS. The van der Waals surface area contributed by atoms with E-state index in [-0.39, 0.29) is 11.9 Å². The lowest BCUT2D eigenvalue weighted by Gasteiger charge is -2.11. The molecule has 0 aliphatic rings. The van der Waals surface area contributed by atoms with Gasteiger partial charge in [-0.1, -0.05) is 6.07 Å². The summed E-state index contributed by atoms with van der Waals surface area (Å²) in [6, 6.07) is 7.36. The van der Waals surface area contributed by atoms with Gasteiger partial charge >= 0.3 is 0 Å². The summed E-state index contributed by atoms with van der Waals surface area (Å²) in [4.78, 5) is 12.1. The van der Waals surface area contributed by atoms with Crippen LogP contribution in [0.3, 0.4) is 0 Å². The molecule has 0 bridgehead atoms. The standard InChI is InChI=1S/C13H11IN4OS/c1-8(15-13(19)9-6-10(14)20-7-9)12-17-16-11-4-2-3-5-18(11)12/h2-8H,1H3,(H,15,19). The van der Waals surface area contributed by atoms with E-state index in [0.717, 1.165) is 14.4 Å². The van der Waals surface area contributed by atoms with E-state index in [1.807, 2.05) is 47.2 Å². The zero-order chi connectivity index (χ0) is 14.1. The second-order valence-corrected chi connectivity index (χ2v) is 7.13. The second-order valence-electron chi connectivity index (χ2n) is 4.32. The first kappa shape index (κ1) is 13.5. The maximum Gasteiger partial charge on any atom is 0.252 e. The Balaban J connectivity index is 1.82. The fourth-order valence-corrected chi connectivity index (χ4v) is 3.26. The van der Waals surface area contributed by atoms with Crippen LogP contribution in [0.5, 0.6) is 0 Å². The fourth-order valence-electron chi connectivity index (χ4n) is 1.93. The Labute approximate surface area is 133 Å². The molecule has 0 saturated carbocycles. The summed E-state index contributed by atoms with van der Waals surface area (Å²) in [7, 11) is 0. The number of nitrogens with one attached hydrogen (secondary N) is 1. The maximum absolute atomic E-state index is 12.1. The molecular weight excluding hydrogens is 387 g/mol. The van der Waals surface area contributed by atoms with Gasteiger partial charge in [-0.25, -0.2) is 0 Å². The number of amides is 1. The number of carbonyl (C=O) groups is 1. The van der Waals surface area contributed by atoms with Crippen molar-refractivity contribution < 1.29 is 4.79 Å². The third-order valence-electron chi connectivity index (χ3n) is 2.90. The van der Waals surface area contributed by atoms with Gasteiger partial charge in [-0.15, -0.1) is 21.5 Å². The highest BCUT2D eigenvalue weighted by Gasteiger charge is 2.17. The summed E-state index contributed by atoms with van der Waals surface area (Å²) in [5, 5.41) is 13.0. The SMILES string of the molecule is CC(NC(=O)c1csc(I)c1)c1nnc2ccccn12. The molecule has 0 spiro atoms. The molecule has 0 radical (unpaired) electrons. The average Bonchev–Trinajstić information content (AvgIpc) is 3.04. The van der Waals surface area contributed by atoms with E-state index in [1.165, 1.54) is 0 Å². The van der Waals surface area contributed by atoms with E-state index in [1.54, 1.807) is 11.3 Å². The summed E-state index contributed by atoms with van der Waals surface area (Å²) in [5.74, 6) is 0.628. The number of fused-ring (bicyclic) bond motifs is 1. The minimum Gasteiger partial charge on any atom is -0.342 e. The molecule has 1 N–H and O–H groups in total. The number of rotatable bonds is 3. The van der Waals surface area contributed by atoms with Crippen LogP contribution in [-0.2, 0) is 0 Å². The van der Waals surface area contributed by atoms with Gasteiger partial charge in [0.05, 0.1) is 14.5 Å². The Morgan fingerprint density at radius 3 is 3.05 bits per heavy atom. The van der Waals surface area contributed by atoms with Crippen molar-refractivity contribution in [1.82, 2.24) is 19.9 Å². The Bertz CT molecular complexity index is 766. The minimum absolute atomic E-state index is 0.0932. The molecule has 5 nitrogen and oxygen atoms in total. The maximum atomic E-state index is 12.1. The zero-order valence-electron chi connectivity index (χ0n) is 10.6. The van der Waals surface area contributed by atoms with Crippen molar-refractivity contribution in [3.05, 3.63) is 50.1 Å². The van der Waals surface area contributed by atoms with Crippen LogP contribution in [0.15, 0.2) is 35.8 Å². The molecule has 7 heteroatoms. The van der Waals surface area contributed by atoms with Crippen molar-refractivity contribution in [2.45, 2.75) is 13.0 Å². The lowest BCUT2D eigenvalue weighted by molar-refractivity contribution is 0.0938. The normalized spacial score (nSPS) is 12.5. The van der Waals surface area contributed by atoms with Crippen molar-refractivity contribution in [2.75, 3.05) is 0 Å². The van der Waals surface area contributed by atoms with Crippen molar-refractivity contribution in [3.8, 4) is 0 Å². The van der Waals surface area contributed by atoms with Crippen LogP contribution in [0.4, 0.5) is 0 Å². The van der Waals surface area contributed by atoms with E-state index in [2.05, 4.69) is 38.1 Å². The highest BCUT2D eigenvalue weighted by molar-refractivity contribution is 14.1. The van der Waals surface area contributed by atoms with Crippen LogP contribution in [-0.4, -0.2) is 20.5 Å². The monoisotopic (exact) mass is 398 g/mol. The number of hydrogen-bond donors (Lipinski definition) is 1. The van der Waals surface area contributed by atoms with Crippen molar-refractivity contribution in [1.29, 1.82) is 0 Å². The predicted molar refractivity (Wildman–Crippen MR) is 85.9 cm³/mol. The van der Waals surface area contributed by atoms with E-state index in [9.17, 15) is 4.79 Å². The van der Waals surface area contributed by atoms with Gasteiger partial charge in [0, 0.05) is 11.6 Å². The molecule has 0 fully saturated rings. The summed E-state index contributed by atoms with van der Waals surface area (Å²) in [6.07, 6.45) is 1.89. The molecule has 102 valence electrons. The highest BCUT2D eigenvalue weighted by Crippen LogP contribution is 2.18. The van der Waals surface area contributed by atoms with Gasteiger partial charge in [0.25, 0.3) is 5.91 Å². The van der Waals surface area contributed by atoms with Gasteiger partial charge in [-0.2, -0.15) is 0 Å². The first-order valence-corrected chi connectivity index (χ1v) is 7.95. The number of carbonyl (C=O) groups excluding carboxylic acids is 1. The summed E-state index contributed by atoms with van der Waals surface area (Å²) in [5.41, 5.74) is 1.45. The van der Waals surface area contributed by atoms with Gasteiger partial charge in [-0.05, 0) is 47.7 Å². The number of nitrogens with zero attached hydrogens (tertiary/aromatic N) is 3. The molecule has 1 unspecified atom stereocenters. The molecule has 0 aliphatic heterocycles. The molecule has 3 heterocycles. The van der Waals surface area contributed by atoms with Crippen LogP contribution in [0, 0.1) is 2.88 Å². The van der Waals surface area contributed by atoms with Crippen molar-refractivity contribution >= 4 is 45.5 Å². The lowest BCUT2D eigenvalue weighted by atomic mass is 10.2. The molecule has 0 saturated heterocycles. The first-order chi connectivity index (χ1) is 9.65. The second kappa shape index (κ2) is 5.49. The van der Waals surface area contributed by atoms with Gasteiger partial charge < -0.3 is 5.32 Å². The van der Waals surface area contributed by atoms with Crippen LogP contribution in [0.1, 0.15) is 29.1 Å². The largest absolute Gasteiger partial charge is 0.342 e. The highest BCUT2D eigenvalue weighted by atomic mass is 127. The molecule has 3 aromatic heterocycles. The first-order valence-electron chi connectivity index (χ1n) is 5.99. The number of hydrogen-bond acceptors (Lipinski definition) is 4. The van der Waals surface area contributed by atoms with Crippen molar-refractivity contribution in [2.24, 2.45) is 0 Å². The molecule has 20 heavy (non-hydrogen) atoms. The van der Waals surface area contributed by atoms with Crippen LogP contribution in [0.25, 0.3) is 5.65 Å². The third-order valence-corrected chi connectivity index (χ3v) is 4.69. The quantitative estimate of drug-likeness (QED) is 0.691. The summed E-state index contributed by atoms with van der Waals surface area (Å²) in [6.45, 7) is 1.90. The Morgan fingerprint density at radius 2 is 2.30 bits per heavy atom. The Kier molecular flexibility index (Phi) is 3.70. The minimum atomic E-state index is -0.211. The molecule has 0 aromatic carbocycles. The summed E-state index contributed by atoms with van der Waals surface area (Å²) < 4.78 is 2.97. The fraction of sp³-hybridized carbons (Fsp3) is 0.154. The number of aromatic nitrogens is 3. The molecule has 3 rings (SSSR count). The van der Waals surface area contributed by atoms with E-state index < -0.39 is 0 Å². The Morgan fingerprint density at radius 1 is 1.45 bits per heavy atom. The van der Waals surface area contributed by atoms with Crippen LogP contribution in [0.2, 0.25) is 0 Å². The van der Waals surface area contributed by atoms with E-state index in [0.29, 0.717) is 5.56 Å². The molecule has 0 aliphatic carbocycles. The average molecular weight is 398 g/mol. The van der Waals surface area contributed by atoms with E-state index in [4.69, 9.17) is 0 Å². The van der Waals surface area contributed by atoms with Crippen LogP contribution < -0.4 is 5.32 Å².